The molecule has 0 rings (SSSR count). The predicted octanol–water partition coefficient (Wildman–Crippen LogP) is 2.94. The van der Waals surface area contributed by atoms with Gasteiger partial charge in [0, 0.05) is 24.4 Å². The fourth-order valence-corrected chi connectivity index (χ4v) is 2.77. The van der Waals surface area contributed by atoms with E-state index >= 15 is 0 Å². The van der Waals surface area contributed by atoms with Crippen LogP contribution in [0.4, 0.5) is 0 Å². The Kier molecular flexibility index (Phi) is 9.38. The Balaban J connectivity index is 4.21. The maximum atomic E-state index is 3.60. The monoisotopic (exact) mass is 260 g/mol. The van der Waals surface area contributed by atoms with Crippen LogP contribution >= 0.6 is 11.8 Å². The van der Waals surface area contributed by atoms with Crippen molar-refractivity contribution in [3.8, 4) is 0 Å². The first kappa shape index (κ1) is 17.3. The van der Waals surface area contributed by atoms with Crippen LogP contribution in [0, 0.1) is 11.8 Å². The highest BCUT2D eigenvalue weighted by molar-refractivity contribution is 7.98. The Hall–Kier alpha value is 0.270. The summed E-state index contributed by atoms with van der Waals surface area (Å²) in [7, 11) is 2.27. The third-order valence-electron chi connectivity index (χ3n) is 3.30. The maximum Gasteiger partial charge on any atom is 0.0243 e. The molecule has 0 saturated carbocycles. The second kappa shape index (κ2) is 9.23. The van der Waals surface area contributed by atoms with Gasteiger partial charge < -0.3 is 5.32 Å². The van der Waals surface area contributed by atoms with Gasteiger partial charge in [0.25, 0.3) is 0 Å². The molecule has 0 aliphatic rings. The van der Waals surface area contributed by atoms with Crippen molar-refractivity contribution in [1.82, 2.24) is 10.2 Å². The second-order valence-corrected chi connectivity index (χ2v) is 6.74. The first-order valence-electron chi connectivity index (χ1n) is 6.81. The summed E-state index contributed by atoms with van der Waals surface area (Å²) in [4.78, 5) is 2.54. The fourth-order valence-electron chi connectivity index (χ4n) is 2.06. The molecule has 0 aliphatic carbocycles. The quantitative estimate of drug-likeness (QED) is 0.686. The van der Waals surface area contributed by atoms with Crippen LogP contribution in [0.5, 0.6) is 0 Å². The number of hydrogen-bond donors (Lipinski definition) is 1. The van der Waals surface area contributed by atoms with Crippen molar-refractivity contribution in [2.45, 2.75) is 46.7 Å². The summed E-state index contributed by atoms with van der Waals surface area (Å²) in [5, 5.41) is 3.60. The lowest BCUT2D eigenvalue weighted by atomic mass is 10.0. The van der Waals surface area contributed by atoms with Crippen LogP contribution in [0.3, 0.4) is 0 Å². The molecule has 0 aromatic carbocycles. The van der Waals surface area contributed by atoms with Crippen molar-refractivity contribution in [2.24, 2.45) is 11.8 Å². The van der Waals surface area contributed by atoms with Crippen molar-refractivity contribution in [3.63, 3.8) is 0 Å². The highest BCUT2D eigenvalue weighted by Crippen LogP contribution is 2.14. The summed E-state index contributed by atoms with van der Waals surface area (Å²) in [6.45, 7) is 13.7. The highest BCUT2D eigenvalue weighted by atomic mass is 32.2. The van der Waals surface area contributed by atoms with Gasteiger partial charge in [-0.2, -0.15) is 11.8 Å². The Morgan fingerprint density at radius 1 is 1.06 bits per heavy atom. The maximum absolute atomic E-state index is 3.60. The Bertz CT molecular complexity index is 183. The molecule has 0 radical (unpaired) electrons. The standard InChI is InChI=1S/C14H32N2S/c1-11(2)8-15-9-14(12(3)4)16(6)13(5)10-17-7/h11-15H,8-10H2,1-7H3. The van der Waals surface area contributed by atoms with Crippen LogP contribution < -0.4 is 5.32 Å². The zero-order chi connectivity index (χ0) is 13.4. The largest absolute Gasteiger partial charge is 0.315 e. The van der Waals surface area contributed by atoms with Crippen molar-refractivity contribution in [2.75, 3.05) is 32.1 Å². The average molecular weight is 260 g/mol. The van der Waals surface area contributed by atoms with Crippen LogP contribution in [-0.4, -0.2) is 49.1 Å². The van der Waals surface area contributed by atoms with E-state index in [0.717, 1.165) is 19.0 Å². The van der Waals surface area contributed by atoms with Gasteiger partial charge in [-0.3, -0.25) is 4.90 Å². The molecule has 0 spiro atoms. The third-order valence-corrected chi connectivity index (χ3v) is 4.12. The molecule has 2 nitrogen and oxygen atoms in total. The number of nitrogens with zero attached hydrogens (tertiary/aromatic N) is 1. The number of nitrogens with one attached hydrogen (secondary N) is 1. The van der Waals surface area contributed by atoms with E-state index in [1.807, 2.05) is 11.8 Å². The summed E-state index contributed by atoms with van der Waals surface area (Å²) in [6.07, 6.45) is 2.19. The van der Waals surface area contributed by atoms with Crippen molar-refractivity contribution < 1.29 is 0 Å². The summed E-state index contributed by atoms with van der Waals surface area (Å²) in [5.74, 6) is 2.64. The summed E-state index contributed by atoms with van der Waals surface area (Å²) >= 11 is 1.93. The van der Waals surface area contributed by atoms with Gasteiger partial charge in [0.2, 0.25) is 0 Å². The smallest absolute Gasteiger partial charge is 0.0243 e. The van der Waals surface area contributed by atoms with Gasteiger partial charge in [0.15, 0.2) is 0 Å². The minimum absolute atomic E-state index is 0.635. The van der Waals surface area contributed by atoms with E-state index < -0.39 is 0 Å². The van der Waals surface area contributed by atoms with Gasteiger partial charge in [-0.25, -0.2) is 0 Å². The first-order chi connectivity index (χ1) is 7.90. The molecule has 0 aromatic rings. The molecular formula is C14H32N2S. The number of likely N-dealkylation sites (N-methyl/N-ethyl adjacent to an activating group) is 1. The van der Waals surface area contributed by atoms with E-state index in [2.05, 4.69) is 58.1 Å². The van der Waals surface area contributed by atoms with Crippen LogP contribution in [0.1, 0.15) is 34.6 Å². The fraction of sp³-hybridized carbons (Fsp3) is 1.00. The molecule has 2 unspecified atom stereocenters. The molecule has 0 amide bonds. The molecular weight excluding hydrogens is 228 g/mol. The molecule has 0 aliphatic heterocycles. The SMILES string of the molecule is CSCC(C)N(C)C(CNCC(C)C)C(C)C. The zero-order valence-electron chi connectivity index (χ0n) is 12.8. The van der Waals surface area contributed by atoms with Crippen LogP contribution in [0.15, 0.2) is 0 Å². The van der Waals surface area contributed by atoms with Crippen molar-refractivity contribution in [3.05, 3.63) is 0 Å². The Labute approximate surface area is 113 Å². The second-order valence-electron chi connectivity index (χ2n) is 5.83. The normalized spacial score (nSPS) is 15.9. The zero-order valence-corrected chi connectivity index (χ0v) is 13.6. The van der Waals surface area contributed by atoms with Gasteiger partial charge in [0.05, 0.1) is 0 Å². The number of hydrogen-bond acceptors (Lipinski definition) is 3. The lowest BCUT2D eigenvalue weighted by molar-refractivity contribution is 0.152. The van der Waals surface area contributed by atoms with E-state index in [9.17, 15) is 0 Å². The van der Waals surface area contributed by atoms with Crippen LogP contribution in [-0.2, 0) is 0 Å². The molecule has 0 saturated heterocycles. The molecule has 1 N–H and O–H groups in total. The Morgan fingerprint density at radius 3 is 2.06 bits per heavy atom. The lowest BCUT2D eigenvalue weighted by Crippen LogP contribution is -2.48. The van der Waals surface area contributed by atoms with Crippen LogP contribution in [0.2, 0.25) is 0 Å². The molecule has 104 valence electrons. The van der Waals surface area contributed by atoms with Gasteiger partial charge in [0.1, 0.15) is 0 Å². The van der Waals surface area contributed by atoms with Gasteiger partial charge in [-0.1, -0.05) is 27.7 Å². The minimum Gasteiger partial charge on any atom is -0.315 e. The van der Waals surface area contributed by atoms with Crippen molar-refractivity contribution in [1.29, 1.82) is 0 Å². The highest BCUT2D eigenvalue weighted by Gasteiger charge is 2.22. The van der Waals surface area contributed by atoms with Gasteiger partial charge >= 0.3 is 0 Å². The summed E-state index contributed by atoms with van der Waals surface area (Å²) < 4.78 is 0. The van der Waals surface area contributed by atoms with Gasteiger partial charge in [-0.05, 0) is 38.6 Å². The molecule has 0 fully saturated rings. The third kappa shape index (κ3) is 7.32. The average Bonchev–Trinajstić information content (AvgIpc) is 2.23. The number of rotatable bonds is 9. The van der Waals surface area contributed by atoms with E-state index in [1.165, 1.54) is 5.75 Å². The predicted molar refractivity (Wildman–Crippen MR) is 81.9 cm³/mol. The summed E-state index contributed by atoms with van der Waals surface area (Å²) in [5.41, 5.74) is 0. The van der Waals surface area contributed by atoms with E-state index in [0.29, 0.717) is 18.0 Å². The minimum atomic E-state index is 0.635. The van der Waals surface area contributed by atoms with Crippen molar-refractivity contribution >= 4 is 11.8 Å². The molecule has 2 atom stereocenters. The topological polar surface area (TPSA) is 15.3 Å². The van der Waals surface area contributed by atoms with Crippen LogP contribution in [0.25, 0.3) is 0 Å². The molecule has 17 heavy (non-hydrogen) atoms. The Morgan fingerprint density at radius 2 is 1.65 bits per heavy atom. The first-order valence-corrected chi connectivity index (χ1v) is 8.21. The molecule has 0 heterocycles. The molecule has 3 heteroatoms. The molecule has 0 aromatic heterocycles. The number of thioether (sulfide) groups is 1. The lowest BCUT2D eigenvalue weighted by Gasteiger charge is -2.36. The molecule has 0 bridgehead atoms. The van der Waals surface area contributed by atoms with E-state index in [1.54, 1.807) is 0 Å². The summed E-state index contributed by atoms with van der Waals surface area (Å²) in [6, 6.07) is 1.29. The van der Waals surface area contributed by atoms with E-state index in [4.69, 9.17) is 0 Å². The van der Waals surface area contributed by atoms with Gasteiger partial charge in [-0.15, -0.1) is 0 Å². The van der Waals surface area contributed by atoms with E-state index in [-0.39, 0.29) is 0 Å².